The summed E-state index contributed by atoms with van der Waals surface area (Å²) in [6.45, 7) is 9.34. The number of benzene rings is 1. The summed E-state index contributed by atoms with van der Waals surface area (Å²) in [5, 5.41) is 2.98. The summed E-state index contributed by atoms with van der Waals surface area (Å²) in [4.78, 5) is 16.5. The van der Waals surface area contributed by atoms with Gasteiger partial charge in [0.1, 0.15) is 0 Å². The molecule has 2 amide bonds. The van der Waals surface area contributed by atoms with E-state index in [1.807, 2.05) is 17.0 Å². The number of methoxy groups -OCH3 is 1. The second kappa shape index (κ2) is 8.15. The third-order valence-corrected chi connectivity index (χ3v) is 4.10. The number of nitrogens with one attached hydrogen (secondary N) is 1. The number of carbonyl (C=O) groups is 1. The van der Waals surface area contributed by atoms with Crippen LogP contribution in [0, 0.1) is 0 Å². The Morgan fingerprint density at radius 2 is 1.82 bits per heavy atom. The van der Waals surface area contributed by atoms with Crippen LogP contribution < -0.4 is 5.32 Å². The molecule has 22 heavy (non-hydrogen) atoms. The van der Waals surface area contributed by atoms with Gasteiger partial charge in [-0.25, -0.2) is 4.79 Å². The van der Waals surface area contributed by atoms with Crippen molar-refractivity contribution < 1.29 is 9.53 Å². The van der Waals surface area contributed by atoms with Gasteiger partial charge in [-0.1, -0.05) is 26.0 Å². The minimum atomic E-state index is -0.0105. The average molecular weight is 305 g/mol. The standard InChI is InChI=1S/C17H27N3O2/c1-14(2)15-4-6-16(7-5-15)18-17(21)20-10-8-19(9-11-20)12-13-22-3/h4-7,14H,8-13H2,1-3H3,(H,18,21). The maximum Gasteiger partial charge on any atom is 0.321 e. The number of hydrogen-bond donors (Lipinski definition) is 1. The molecule has 1 fully saturated rings. The van der Waals surface area contributed by atoms with Gasteiger partial charge in [-0.2, -0.15) is 0 Å². The molecular formula is C17H27N3O2. The monoisotopic (exact) mass is 305 g/mol. The van der Waals surface area contributed by atoms with Crippen molar-refractivity contribution in [3.63, 3.8) is 0 Å². The Morgan fingerprint density at radius 3 is 2.36 bits per heavy atom. The second-order valence-electron chi connectivity index (χ2n) is 6.03. The molecule has 2 rings (SSSR count). The number of amides is 2. The van der Waals surface area contributed by atoms with Crippen molar-refractivity contribution in [3.05, 3.63) is 29.8 Å². The van der Waals surface area contributed by atoms with Gasteiger partial charge in [-0.15, -0.1) is 0 Å². The molecule has 0 radical (unpaired) electrons. The molecule has 122 valence electrons. The van der Waals surface area contributed by atoms with Crippen LogP contribution in [0.15, 0.2) is 24.3 Å². The first kappa shape index (κ1) is 16.8. The topological polar surface area (TPSA) is 44.8 Å². The lowest BCUT2D eigenvalue weighted by atomic mass is 10.0. The Kier molecular flexibility index (Phi) is 6.21. The lowest BCUT2D eigenvalue weighted by Gasteiger charge is -2.34. The summed E-state index contributed by atoms with van der Waals surface area (Å²) >= 11 is 0. The van der Waals surface area contributed by atoms with E-state index in [1.54, 1.807) is 7.11 Å². The van der Waals surface area contributed by atoms with Crippen molar-refractivity contribution in [1.82, 2.24) is 9.80 Å². The van der Waals surface area contributed by atoms with E-state index in [4.69, 9.17) is 4.74 Å². The number of rotatable bonds is 5. The van der Waals surface area contributed by atoms with Crippen LogP contribution in [0.25, 0.3) is 0 Å². The predicted molar refractivity (Wildman–Crippen MR) is 89.4 cm³/mol. The van der Waals surface area contributed by atoms with Gasteiger partial charge in [0.05, 0.1) is 6.61 Å². The zero-order valence-corrected chi connectivity index (χ0v) is 13.8. The lowest BCUT2D eigenvalue weighted by Crippen LogP contribution is -2.50. The summed E-state index contributed by atoms with van der Waals surface area (Å²) in [6.07, 6.45) is 0. The van der Waals surface area contributed by atoms with Crippen molar-refractivity contribution in [2.75, 3.05) is 51.8 Å². The van der Waals surface area contributed by atoms with Gasteiger partial charge in [-0.3, -0.25) is 4.90 Å². The normalized spacial score (nSPS) is 16.1. The van der Waals surface area contributed by atoms with E-state index in [9.17, 15) is 4.79 Å². The van der Waals surface area contributed by atoms with E-state index < -0.39 is 0 Å². The number of ether oxygens (including phenoxy) is 1. The number of anilines is 1. The summed E-state index contributed by atoms with van der Waals surface area (Å²) in [5.74, 6) is 0.505. The highest BCUT2D eigenvalue weighted by Gasteiger charge is 2.20. The van der Waals surface area contributed by atoms with Gasteiger partial charge < -0.3 is 15.0 Å². The number of piperazine rings is 1. The minimum Gasteiger partial charge on any atom is -0.383 e. The first-order valence-electron chi connectivity index (χ1n) is 7.97. The maximum absolute atomic E-state index is 12.3. The molecular weight excluding hydrogens is 278 g/mol. The lowest BCUT2D eigenvalue weighted by molar-refractivity contribution is 0.109. The molecule has 0 atom stereocenters. The summed E-state index contributed by atoms with van der Waals surface area (Å²) < 4.78 is 5.09. The van der Waals surface area contributed by atoms with E-state index >= 15 is 0 Å². The highest BCUT2D eigenvalue weighted by molar-refractivity contribution is 5.89. The highest BCUT2D eigenvalue weighted by atomic mass is 16.5. The molecule has 1 heterocycles. The van der Waals surface area contributed by atoms with Crippen LogP contribution in [-0.4, -0.2) is 62.3 Å². The van der Waals surface area contributed by atoms with E-state index in [-0.39, 0.29) is 6.03 Å². The number of urea groups is 1. The molecule has 1 aromatic carbocycles. The SMILES string of the molecule is COCCN1CCN(C(=O)Nc2ccc(C(C)C)cc2)CC1. The maximum atomic E-state index is 12.3. The number of hydrogen-bond acceptors (Lipinski definition) is 3. The molecule has 1 N–H and O–H groups in total. The highest BCUT2D eigenvalue weighted by Crippen LogP contribution is 2.17. The molecule has 0 aromatic heterocycles. The Morgan fingerprint density at radius 1 is 1.18 bits per heavy atom. The summed E-state index contributed by atoms with van der Waals surface area (Å²) in [7, 11) is 1.72. The average Bonchev–Trinajstić information content (AvgIpc) is 2.54. The molecule has 1 aliphatic heterocycles. The molecule has 1 aromatic rings. The van der Waals surface area contributed by atoms with Crippen LogP contribution in [0.3, 0.4) is 0 Å². The fourth-order valence-corrected chi connectivity index (χ4v) is 2.55. The number of carbonyl (C=O) groups excluding carboxylic acids is 1. The van der Waals surface area contributed by atoms with Crippen molar-refractivity contribution in [3.8, 4) is 0 Å². The fourth-order valence-electron chi connectivity index (χ4n) is 2.55. The van der Waals surface area contributed by atoms with Crippen molar-refractivity contribution in [1.29, 1.82) is 0 Å². The van der Waals surface area contributed by atoms with Gasteiger partial charge >= 0.3 is 6.03 Å². The zero-order chi connectivity index (χ0) is 15.9. The van der Waals surface area contributed by atoms with Crippen LogP contribution in [0.2, 0.25) is 0 Å². The van der Waals surface area contributed by atoms with E-state index in [1.165, 1.54) is 5.56 Å². The van der Waals surface area contributed by atoms with Gasteiger partial charge in [0, 0.05) is 45.5 Å². The molecule has 5 nitrogen and oxygen atoms in total. The van der Waals surface area contributed by atoms with Crippen molar-refractivity contribution in [2.45, 2.75) is 19.8 Å². The molecule has 0 spiro atoms. The van der Waals surface area contributed by atoms with Gasteiger partial charge in [0.25, 0.3) is 0 Å². The summed E-state index contributed by atoms with van der Waals surface area (Å²) in [5.41, 5.74) is 2.14. The Bertz CT molecular complexity index is 465. The van der Waals surface area contributed by atoms with E-state index in [0.29, 0.717) is 5.92 Å². The van der Waals surface area contributed by atoms with Crippen LogP contribution in [0.1, 0.15) is 25.3 Å². The smallest absolute Gasteiger partial charge is 0.321 e. The number of nitrogens with zero attached hydrogens (tertiary/aromatic N) is 2. The Labute approximate surface area is 133 Å². The van der Waals surface area contributed by atoms with Crippen molar-refractivity contribution in [2.24, 2.45) is 0 Å². The van der Waals surface area contributed by atoms with E-state index in [2.05, 4.69) is 36.2 Å². The predicted octanol–water partition coefficient (Wildman–Crippen LogP) is 2.61. The van der Waals surface area contributed by atoms with Crippen LogP contribution in [-0.2, 0) is 4.74 Å². The molecule has 0 aliphatic carbocycles. The van der Waals surface area contributed by atoms with Gasteiger partial charge in [-0.05, 0) is 23.6 Å². The van der Waals surface area contributed by atoms with Crippen LogP contribution in [0.4, 0.5) is 10.5 Å². The first-order chi connectivity index (χ1) is 10.6. The largest absolute Gasteiger partial charge is 0.383 e. The third-order valence-electron chi connectivity index (χ3n) is 4.10. The third kappa shape index (κ3) is 4.71. The molecule has 0 saturated carbocycles. The Balaban J connectivity index is 1.80. The van der Waals surface area contributed by atoms with Crippen LogP contribution in [0.5, 0.6) is 0 Å². The second-order valence-corrected chi connectivity index (χ2v) is 6.03. The van der Waals surface area contributed by atoms with Crippen LogP contribution >= 0.6 is 0 Å². The Hall–Kier alpha value is -1.59. The van der Waals surface area contributed by atoms with E-state index in [0.717, 1.165) is 45.0 Å². The fraction of sp³-hybridized carbons (Fsp3) is 0.588. The first-order valence-corrected chi connectivity index (χ1v) is 7.97. The quantitative estimate of drug-likeness (QED) is 0.909. The molecule has 0 bridgehead atoms. The van der Waals surface area contributed by atoms with Crippen molar-refractivity contribution >= 4 is 11.7 Å². The van der Waals surface area contributed by atoms with Gasteiger partial charge in [0.15, 0.2) is 0 Å². The summed E-state index contributed by atoms with van der Waals surface area (Å²) in [6, 6.07) is 8.08. The molecule has 0 unspecified atom stereocenters. The minimum absolute atomic E-state index is 0.0105. The van der Waals surface area contributed by atoms with Gasteiger partial charge in [0.2, 0.25) is 0 Å². The molecule has 1 aliphatic rings. The molecule has 5 heteroatoms. The molecule has 1 saturated heterocycles. The zero-order valence-electron chi connectivity index (χ0n) is 13.8.